The van der Waals surface area contributed by atoms with Gasteiger partial charge in [-0.2, -0.15) is 0 Å². The number of ether oxygens (including phenoxy) is 1. The monoisotopic (exact) mass is 371 g/mol. The Kier molecular flexibility index (Phi) is 4.76. The Labute approximate surface area is 153 Å². The highest BCUT2D eigenvalue weighted by Gasteiger charge is 2.30. The zero-order valence-corrected chi connectivity index (χ0v) is 15.2. The molecule has 136 valence electrons. The second-order valence-corrected chi connectivity index (χ2v) is 8.07. The van der Waals surface area contributed by atoms with Crippen LogP contribution in [-0.4, -0.2) is 45.5 Å². The van der Waals surface area contributed by atoms with E-state index in [1.165, 1.54) is 5.56 Å². The third-order valence-corrected chi connectivity index (χ3v) is 6.08. The van der Waals surface area contributed by atoms with Gasteiger partial charge in [-0.1, -0.05) is 36.4 Å². The van der Waals surface area contributed by atoms with Gasteiger partial charge in [0.1, 0.15) is 5.84 Å². The van der Waals surface area contributed by atoms with Crippen molar-refractivity contribution < 1.29 is 13.2 Å². The lowest BCUT2D eigenvalue weighted by atomic mass is 10.1. The molecule has 0 spiro atoms. The molecule has 26 heavy (non-hydrogen) atoms. The number of aliphatic imine (C=N–C) groups is 1. The Morgan fingerprint density at radius 1 is 1.00 bits per heavy atom. The van der Waals surface area contributed by atoms with Gasteiger partial charge in [0, 0.05) is 25.2 Å². The normalized spacial score (nSPS) is 20.7. The molecule has 0 aromatic heterocycles. The van der Waals surface area contributed by atoms with Crippen LogP contribution < -0.4 is 4.72 Å². The second kappa shape index (κ2) is 7.19. The first-order chi connectivity index (χ1) is 12.6. The molecule has 2 aliphatic rings. The smallest absolute Gasteiger partial charge is 0.263 e. The maximum Gasteiger partial charge on any atom is 0.263 e. The maximum atomic E-state index is 12.2. The largest absolute Gasteiger partial charge is 0.379 e. The van der Waals surface area contributed by atoms with Crippen LogP contribution >= 0.6 is 0 Å². The van der Waals surface area contributed by atoms with E-state index in [1.54, 1.807) is 18.2 Å². The van der Waals surface area contributed by atoms with Gasteiger partial charge in [-0.3, -0.25) is 14.6 Å². The van der Waals surface area contributed by atoms with Gasteiger partial charge in [-0.25, -0.2) is 8.42 Å². The molecule has 2 aromatic carbocycles. The molecular formula is C19H21N3O3S. The standard InChI is InChI=1S/C19H21N3O3S/c23-26(24)18-8-4-3-7-17(18)19(21-26)20-13-15-5-1-2-6-16(15)14-22-9-11-25-12-10-22/h1-8H,9-14H2,(H,20,21). The SMILES string of the molecule is O=S1(=O)NC(=NCc2ccccc2CN2CCOCC2)c2ccccc21. The summed E-state index contributed by atoms with van der Waals surface area (Å²) in [4.78, 5) is 7.22. The number of morpholine rings is 1. The summed E-state index contributed by atoms with van der Waals surface area (Å²) in [5.74, 6) is 0.418. The fraction of sp³-hybridized carbons (Fsp3) is 0.316. The molecular weight excluding hydrogens is 350 g/mol. The first kappa shape index (κ1) is 17.2. The van der Waals surface area contributed by atoms with Crippen LogP contribution in [0, 0.1) is 0 Å². The fourth-order valence-corrected chi connectivity index (χ4v) is 4.53. The van der Waals surface area contributed by atoms with Gasteiger partial charge in [-0.05, 0) is 23.3 Å². The molecule has 6 nitrogen and oxygen atoms in total. The third-order valence-electron chi connectivity index (χ3n) is 4.69. The summed E-state index contributed by atoms with van der Waals surface area (Å²) < 4.78 is 32.4. The number of amidine groups is 1. The average Bonchev–Trinajstić information content (AvgIpc) is 2.93. The lowest BCUT2D eigenvalue weighted by Crippen LogP contribution is -2.35. The van der Waals surface area contributed by atoms with Gasteiger partial charge < -0.3 is 4.74 Å². The van der Waals surface area contributed by atoms with Crippen molar-refractivity contribution >= 4 is 15.9 Å². The summed E-state index contributed by atoms with van der Waals surface area (Å²) in [5, 5.41) is 0. The van der Waals surface area contributed by atoms with Gasteiger partial charge in [-0.15, -0.1) is 0 Å². The van der Waals surface area contributed by atoms with E-state index < -0.39 is 10.0 Å². The van der Waals surface area contributed by atoms with Gasteiger partial charge in [0.15, 0.2) is 0 Å². The number of nitrogens with one attached hydrogen (secondary N) is 1. The summed E-state index contributed by atoms with van der Waals surface area (Å²) in [6.45, 7) is 4.68. The molecule has 1 fully saturated rings. The van der Waals surface area contributed by atoms with Crippen LogP contribution in [0.3, 0.4) is 0 Å². The van der Waals surface area contributed by atoms with Crippen LogP contribution in [0.15, 0.2) is 58.4 Å². The topological polar surface area (TPSA) is 71.0 Å². The van der Waals surface area contributed by atoms with Crippen LogP contribution in [0.5, 0.6) is 0 Å². The highest BCUT2D eigenvalue weighted by atomic mass is 32.2. The Morgan fingerprint density at radius 3 is 2.50 bits per heavy atom. The highest BCUT2D eigenvalue weighted by Crippen LogP contribution is 2.23. The molecule has 2 aliphatic heterocycles. The van der Waals surface area contributed by atoms with Gasteiger partial charge in [0.05, 0.1) is 24.7 Å². The van der Waals surface area contributed by atoms with E-state index in [0.29, 0.717) is 22.8 Å². The van der Waals surface area contributed by atoms with Crippen molar-refractivity contribution in [3.63, 3.8) is 0 Å². The summed E-state index contributed by atoms with van der Waals surface area (Å²) in [6, 6.07) is 15.1. The van der Waals surface area contributed by atoms with Crippen molar-refractivity contribution in [1.82, 2.24) is 9.62 Å². The summed E-state index contributed by atoms with van der Waals surface area (Å²) in [7, 11) is -3.49. The molecule has 0 amide bonds. The summed E-state index contributed by atoms with van der Waals surface area (Å²) in [5.41, 5.74) is 2.96. The van der Waals surface area contributed by atoms with Gasteiger partial charge in [0.25, 0.3) is 10.0 Å². The number of fused-ring (bicyclic) bond motifs is 1. The van der Waals surface area contributed by atoms with E-state index >= 15 is 0 Å². The Bertz CT molecular complexity index is 935. The lowest BCUT2D eigenvalue weighted by molar-refractivity contribution is 0.0341. The highest BCUT2D eigenvalue weighted by molar-refractivity contribution is 7.90. The first-order valence-corrected chi connectivity index (χ1v) is 10.2. The van der Waals surface area contributed by atoms with Crippen LogP contribution in [0.4, 0.5) is 0 Å². The number of nitrogens with zero attached hydrogens (tertiary/aromatic N) is 2. The van der Waals surface area contributed by atoms with E-state index in [1.807, 2.05) is 18.2 Å². The Balaban J connectivity index is 1.56. The minimum Gasteiger partial charge on any atom is -0.379 e. The zero-order valence-electron chi connectivity index (χ0n) is 14.4. The van der Waals surface area contributed by atoms with E-state index in [9.17, 15) is 8.42 Å². The Morgan fingerprint density at radius 2 is 1.69 bits per heavy atom. The first-order valence-electron chi connectivity index (χ1n) is 8.67. The molecule has 1 saturated heterocycles. The summed E-state index contributed by atoms with van der Waals surface area (Å²) in [6.07, 6.45) is 0. The molecule has 2 aromatic rings. The summed E-state index contributed by atoms with van der Waals surface area (Å²) >= 11 is 0. The predicted octanol–water partition coefficient (Wildman–Crippen LogP) is 1.76. The minimum atomic E-state index is -3.49. The van der Waals surface area contributed by atoms with Crippen molar-refractivity contribution in [3.05, 3.63) is 65.2 Å². The van der Waals surface area contributed by atoms with Crippen LogP contribution in [0.2, 0.25) is 0 Å². The third kappa shape index (κ3) is 3.51. The molecule has 0 aliphatic carbocycles. The quantitative estimate of drug-likeness (QED) is 0.889. The Hall–Kier alpha value is -2.22. The zero-order chi connectivity index (χ0) is 18.0. The predicted molar refractivity (Wildman–Crippen MR) is 99.5 cm³/mol. The van der Waals surface area contributed by atoms with E-state index in [2.05, 4.69) is 26.7 Å². The van der Waals surface area contributed by atoms with E-state index in [-0.39, 0.29) is 0 Å². The molecule has 0 saturated carbocycles. The van der Waals surface area contributed by atoms with E-state index in [4.69, 9.17) is 4.74 Å². The number of rotatable bonds is 4. The number of hydrogen-bond donors (Lipinski definition) is 1. The van der Waals surface area contributed by atoms with Crippen LogP contribution in [-0.2, 0) is 27.8 Å². The molecule has 0 radical (unpaired) electrons. The lowest BCUT2D eigenvalue weighted by Gasteiger charge is -2.27. The fourth-order valence-electron chi connectivity index (χ4n) is 3.28. The molecule has 1 N–H and O–H groups in total. The number of sulfonamides is 1. The molecule has 0 bridgehead atoms. The number of hydrogen-bond acceptors (Lipinski definition) is 5. The molecule has 0 unspecified atom stereocenters. The average molecular weight is 371 g/mol. The van der Waals surface area contributed by atoms with E-state index in [0.717, 1.165) is 38.4 Å². The van der Waals surface area contributed by atoms with Crippen molar-refractivity contribution in [1.29, 1.82) is 0 Å². The minimum absolute atomic E-state index is 0.292. The maximum absolute atomic E-state index is 12.2. The molecule has 7 heteroatoms. The molecule has 2 heterocycles. The van der Waals surface area contributed by atoms with Crippen molar-refractivity contribution in [2.75, 3.05) is 26.3 Å². The van der Waals surface area contributed by atoms with Crippen LogP contribution in [0.25, 0.3) is 0 Å². The second-order valence-electron chi connectivity index (χ2n) is 6.42. The van der Waals surface area contributed by atoms with Gasteiger partial charge in [0.2, 0.25) is 0 Å². The number of benzene rings is 2. The van der Waals surface area contributed by atoms with Gasteiger partial charge >= 0.3 is 0 Å². The van der Waals surface area contributed by atoms with Crippen molar-refractivity contribution in [2.24, 2.45) is 4.99 Å². The van der Waals surface area contributed by atoms with Crippen LogP contribution in [0.1, 0.15) is 16.7 Å². The van der Waals surface area contributed by atoms with Crippen molar-refractivity contribution in [2.45, 2.75) is 18.0 Å². The molecule has 4 rings (SSSR count). The molecule has 0 atom stereocenters. The van der Waals surface area contributed by atoms with Crippen molar-refractivity contribution in [3.8, 4) is 0 Å².